The van der Waals surface area contributed by atoms with E-state index in [4.69, 9.17) is 16.3 Å². The van der Waals surface area contributed by atoms with Gasteiger partial charge in [0.15, 0.2) is 0 Å². The van der Waals surface area contributed by atoms with Gasteiger partial charge in [0.05, 0.1) is 36.8 Å². The Morgan fingerprint density at radius 2 is 1.89 bits per heavy atom. The Balaban J connectivity index is 1.82. The molecule has 8 heteroatoms. The molecule has 0 spiro atoms. The SMILES string of the molecule is COC(=O)CC(NC(=O)Cn1cnc2ccccc2c1=O)c1ccccc1Cl. The van der Waals surface area contributed by atoms with Crippen LogP contribution >= 0.6 is 11.6 Å². The van der Waals surface area contributed by atoms with Gasteiger partial charge in [0, 0.05) is 5.02 Å². The fourth-order valence-electron chi connectivity index (χ4n) is 2.86. The molecule has 28 heavy (non-hydrogen) atoms. The largest absolute Gasteiger partial charge is 0.469 e. The van der Waals surface area contributed by atoms with Crippen molar-refractivity contribution in [3.8, 4) is 0 Å². The number of aromatic nitrogens is 2. The first-order chi connectivity index (χ1) is 13.5. The second kappa shape index (κ2) is 8.67. The van der Waals surface area contributed by atoms with E-state index < -0.39 is 17.9 Å². The first-order valence-electron chi connectivity index (χ1n) is 8.54. The first-order valence-corrected chi connectivity index (χ1v) is 8.92. The number of fused-ring (bicyclic) bond motifs is 1. The van der Waals surface area contributed by atoms with Crippen molar-refractivity contribution in [2.75, 3.05) is 7.11 Å². The molecule has 1 aromatic heterocycles. The number of nitrogens with zero attached hydrogens (tertiary/aromatic N) is 2. The van der Waals surface area contributed by atoms with E-state index in [9.17, 15) is 14.4 Å². The van der Waals surface area contributed by atoms with Crippen molar-refractivity contribution in [3.05, 3.63) is 75.8 Å². The fraction of sp³-hybridized carbons (Fsp3) is 0.200. The highest BCUT2D eigenvalue weighted by Gasteiger charge is 2.21. The van der Waals surface area contributed by atoms with Crippen LogP contribution in [0.3, 0.4) is 0 Å². The molecule has 7 nitrogen and oxygen atoms in total. The lowest BCUT2D eigenvalue weighted by Gasteiger charge is -2.19. The third-order valence-corrected chi connectivity index (χ3v) is 4.60. The Morgan fingerprint density at radius 3 is 2.64 bits per heavy atom. The molecule has 3 rings (SSSR count). The lowest BCUT2D eigenvalue weighted by atomic mass is 10.0. The highest BCUT2D eigenvalue weighted by Crippen LogP contribution is 2.25. The van der Waals surface area contributed by atoms with Gasteiger partial charge in [0.25, 0.3) is 5.56 Å². The number of rotatable bonds is 6. The van der Waals surface area contributed by atoms with Crippen molar-refractivity contribution in [2.24, 2.45) is 0 Å². The summed E-state index contributed by atoms with van der Waals surface area (Å²) < 4.78 is 5.93. The molecule has 2 aromatic carbocycles. The average Bonchev–Trinajstić information content (AvgIpc) is 2.70. The lowest BCUT2D eigenvalue weighted by Crippen LogP contribution is -2.36. The van der Waals surface area contributed by atoms with Crippen molar-refractivity contribution in [3.63, 3.8) is 0 Å². The van der Waals surface area contributed by atoms with Crippen LogP contribution in [-0.4, -0.2) is 28.5 Å². The second-order valence-corrected chi connectivity index (χ2v) is 6.52. The summed E-state index contributed by atoms with van der Waals surface area (Å²) in [6, 6.07) is 13.1. The number of hydrogen-bond donors (Lipinski definition) is 1. The second-order valence-electron chi connectivity index (χ2n) is 6.12. The predicted octanol–water partition coefficient (Wildman–Crippen LogP) is 2.47. The maximum atomic E-state index is 12.6. The van der Waals surface area contributed by atoms with Gasteiger partial charge in [0.1, 0.15) is 6.54 Å². The number of hydrogen-bond acceptors (Lipinski definition) is 5. The topological polar surface area (TPSA) is 90.3 Å². The van der Waals surface area contributed by atoms with Crippen molar-refractivity contribution < 1.29 is 14.3 Å². The van der Waals surface area contributed by atoms with E-state index >= 15 is 0 Å². The molecule has 1 atom stereocenters. The summed E-state index contributed by atoms with van der Waals surface area (Å²) in [6.07, 6.45) is 1.24. The fourth-order valence-corrected chi connectivity index (χ4v) is 3.13. The molecule has 3 aromatic rings. The molecule has 1 heterocycles. The highest BCUT2D eigenvalue weighted by molar-refractivity contribution is 6.31. The van der Waals surface area contributed by atoms with Gasteiger partial charge in [-0.3, -0.25) is 19.0 Å². The van der Waals surface area contributed by atoms with E-state index in [0.717, 1.165) is 0 Å². The summed E-state index contributed by atoms with van der Waals surface area (Å²) in [5.41, 5.74) is 0.832. The van der Waals surface area contributed by atoms with Crippen LogP contribution < -0.4 is 10.9 Å². The number of para-hydroxylation sites is 1. The number of esters is 1. The van der Waals surface area contributed by atoms with Gasteiger partial charge >= 0.3 is 5.97 Å². The highest BCUT2D eigenvalue weighted by atomic mass is 35.5. The van der Waals surface area contributed by atoms with Gasteiger partial charge in [0.2, 0.25) is 5.91 Å². The summed E-state index contributed by atoms with van der Waals surface area (Å²) in [7, 11) is 1.27. The minimum Gasteiger partial charge on any atom is -0.469 e. The van der Waals surface area contributed by atoms with E-state index in [1.54, 1.807) is 48.5 Å². The van der Waals surface area contributed by atoms with Gasteiger partial charge in [-0.15, -0.1) is 0 Å². The van der Waals surface area contributed by atoms with Gasteiger partial charge in [-0.2, -0.15) is 0 Å². The van der Waals surface area contributed by atoms with Crippen LogP contribution in [0.25, 0.3) is 10.9 Å². The van der Waals surface area contributed by atoms with Crippen LogP contribution in [0.2, 0.25) is 5.02 Å². The third-order valence-electron chi connectivity index (χ3n) is 4.26. The average molecular weight is 400 g/mol. The van der Waals surface area contributed by atoms with Crippen LogP contribution in [0.15, 0.2) is 59.7 Å². The molecule has 0 radical (unpaired) electrons. The number of nitrogens with one attached hydrogen (secondary N) is 1. The Morgan fingerprint density at radius 1 is 1.18 bits per heavy atom. The molecule has 144 valence electrons. The van der Waals surface area contributed by atoms with Crippen molar-refractivity contribution in [2.45, 2.75) is 19.0 Å². The molecule has 0 bridgehead atoms. The molecule has 0 saturated heterocycles. The molecule has 0 saturated carbocycles. The Bertz CT molecular complexity index is 1080. The monoisotopic (exact) mass is 399 g/mol. The summed E-state index contributed by atoms with van der Waals surface area (Å²) in [5.74, 6) is -0.942. The van der Waals surface area contributed by atoms with Crippen LogP contribution in [0, 0.1) is 0 Å². The lowest BCUT2D eigenvalue weighted by molar-refractivity contribution is -0.141. The number of ether oxygens (including phenoxy) is 1. The van der Waals surface area contributed by atoms with Gasteiger partial charge in [-0.05, 0) is 23.8 Å². The van der Waals surface area contributed by atoms with Crippen molar-refractivity contribution in [1.29, 1.82) is 0 Å². The molecule has 0 aliphatic carbocycles. The maximum absolute atomic E-state index is 12.6. The zero-order chi connectivity index (χ0) is 20.1. The smallest absolute Gasteiger partial charge is 0.307 e. The normalized spacial score (nSPS) is 11.8. The molecule has 1 unspecified atom stereocenters. The number of halogens is 1. The predicted molar refractivity (Wildman–Crippen MR) is 105 cm³/mol. The maximum Gasteiger partial charge on any atom is 0.307 e. The Kier molecular flexibility index (Phi) is 6.06. The number of benzene rings is 2. The standard InChI is InChI=1S/C20H18ClN3O4/c1-28-19(26)10-17(13-6-2-4-8-15(13)21)23-18(25)11-24-12-22-16-9-5-3-7-14(16)20(24)27/h2-9,12,17H,10-11H2,1H3,(H,23,25). The number of carbonyl (C=O) groups is 2. The van der Waals surface area contributed by atoms with E-state index in [1.807, 2.05) is 0 Å². The minimum absolute atomic E-state index is 0.0865. The van der Waals surface area contributed by atoms with E-state index in [-0.39, 0.29) is 18.5 Å². The summed E-state index contributed by atoms with van der Waals surface area (Å²) >= 11 is 6.21. The minimum atomic E-state index is -0.683. The van der Waals surface area contributed by atoms with Crippen molar-refractivity contribution >= 4 is 34.4 Å². The zero-order valence-corrected chi connectivity index (χ0v) is 15.8. The Labute approximate surface area is 165 Å². The number of methoxy groups -OCH3 is 1. The molecule has 0 fully saturated rings. The van der Waals surface area contributed by atoms with Gasteiger partial charge in [-0.1, -0.05) is 41.9 Å². The molecule has 0 aliphatic heterocycles. The van der Waals surface area contributed by atoms with Crippen LogP contribution in [0.5, 0.6) is 0 Å². The molecular formula is C20H18ClN3O4. The molecule has 1 amide bonds. The van der Waals surface area contributed by atoms with Gasteiger partial charge < -0.3 is 10.1 Å². The van der Waals surface area contributed by atoms with Crippen LogP contribution in [0.4, 0.5) is 0 Å². The van der Waals surface area contributed by atoms with E-state index in [0.29, 0.717) is 21.5 Å². The summed E-state index contributed by atoms with van der Waals surface area (Å²) in [4.78, 5) is 41.1. The van der Waals surface area contributed by atoms with Gasteiger partial charge in [-0.25, -0.2) is 4.98 Å². The molecular weight excluding hydrogens is 382 g/mol. The molecule has 1 N–H and O–H groups in total. The van der Waals surface area contributed by atoms with Crippen LogP contribution in [-0.2, 0) is 20.9 Å². The summed E-state index contributed by atoms with van der Waals surface area (Å²) in [6.45, 7) is -0.237. The molecule has 0 aliphatic rings. The van der Waals surface area contributed by atoms with E-state index in [1.165, 1.54) is 18.0 Å². The number of amides is 1. The first kappa shape index (κ1) is 19.6. The third kappa shape index (κ3) is 4.37. The van der Waals surface area contributed by atoms with Crippen molar-refractivity contribution in [1.82, 2.24) is 14.9 Å². The van der Waals surface area contributed by atoms with E-state index in [2.05, 4.69) is 10.3 Å². The quantitative estimate of drug-likeness (QED) is 0.643. The zero-order valence-electron chi connectivity index (χ0n) is 15.1. The Hall–Kier alpha value is -3.19. The number of carbonyl (C=O) groups excluding carboxylic acids is 2. The summed E-state index contributed by atoms with van der Waals surface area (Å²) in [5, 5.41) is 3.60. The van der Waals surface area contributed by atoms with Crippen LogP contribution in [0.1, 0.15) is 18.0 Å².